The third-order valence-corrected chi connectivity index (χ3v) is 2.39. The monoisotopic (exact) mass is 245 g/mol. The molecule has 2 aromatic rings. The van der Waals surface area contributed by atoms with E-state index in [9.17, 15) is 0 Å². The molecule has 0 aliphatic rings. The van der Waals surface area contributed by atoms with Crippen molar-refractivity contribution in [1.82, 2.24) is 9.97 Å². The van der Waals surface area contributed by atoms with Gasteiger partial charge in [0.15, 0.2) is 0 Å². The first-order valence-corrected chi connectivity index (χ1v) is 5.66. The molecule has 1 aromatic heterocycles. The molecule has 0 spiro atoms. The lowest BCUT2D eigenvalue weighted by molar-refractivity contribution is 0.299. The van der Waals surface area contributed by atoms with Gasteiger partial charge in [0.2, 0.25) is 11.8 Å². The maximum Gasteiger partial charge on any atom is 0.224 e. The average molecular weight is 245 g/mol. The first-order chi connectivity index (χ1) is 8.67. The predicted octanol–water partition coefficient (Wildman–Crippen LogP) is 1.69. The van der Waals surface area contributed by atoms with Crippen LogP contribution in [0.25, 0.3) is 0 Å². The highest BCUT2D eigenvalue weighted by atomic mass is 16.5. The number of aryl methyl sites for hydroxylation is 1. The molecule has 1 heterocycles. The van der Waals surface area contributed by atoms with Gasteiger partial charge in [-0.1, -0.05) is 12.1 Å². The van der Waals surface area contributed by atoms with E-state index in [1.54, 1.807) is 6.07 Å². The number of rotatable bonds is 4. The van der Waals surface area contributed by atoms with E-state index >= 15 is 0 Å². The quantitative estimate of drug-likeness (QED) is 0.856. The van der Waals surface area contributed by atoms with Crippen LogP contribution in [0.1, 0.15) is 11.3 Å². The first-order valence-electron chi connectivity index (χ1n) is 5.66. The lowest BCUT2D eigenvalue weighted by Crippen LogP contribution is -1.98. The molecule has 0 fully saturated rings. The zero-order valence-electron chi connectivity index (χ0n) is 10.1. The summed E-state index contributed by atoms with van der Waals surface area (Å²) in [6.45, 7) is 1.97. The molecular formula is C13H15N3O2. The molecule has 0 saturated carbocycles. The van der Waals surface area contributed by atoms with E-state index in [4.69, 9.17) is 15.6 Å². The number of aliphatic hydroxyl groups excluding tert-OH is 1. The number of ether oxygens (including phenoxy) is 1. The van der Waals surface area contributed by atoms with Crippen molar-refractivity contribution in [2.24, 2.45) is 0 Å². The summed E-state index contributed by atoms with van der Waals surface area (Å²) in [5.41, 5.74) is 7.36. The van der Waals surface area contributed by atoms with Gasteiger partial charge in [0.05, 0.1) is 0 Å². The smallest absolute Gasteiger partial charge is 0.224 e. The number of nitrogen functional groups attached to an aromatic ring is 1. The second kappa shape index (κ2) is 5.46. The Kier molecular flexibility index (Phi) is 3.74. The second-order valence-corrected chi connectivity index (χ2v) is 3.93. The van der Waals surface area contributed by atoms with Crippen LogP contribution in [0, 0.1) is 6.92 Å². The van der Waals surface area contributed by atoms with E-state index in [0.717, 1.165) is 11.3 Å². The molecular weight excluding hydrogens is 230 g/mol. The summed E-state index contributed by atoms with van der Waals surface area (Å²) in [7, 11) is 0. The van der Waals surface area contributed by atoms with Gasteiger partial charge in [-0.05, 0) is 31.0 Å². The maximum atomic E-state index is 8.82. The SMILES string of the molecule is Cc1cc(Oc2ccc(CCO)cc2)nc(N)n1. The van der Waals surface area contributed by atoms with Crippen molar-refractivity contribution in [2.45, 2.75) is 13.3 Å². The van der Waals surface area contributed by atoms with Gasteiger partial charge in [0.1, 0.15) is 5.75 Å². The van der Waals surface area contributed by atoms with Gasteiger partial charge < -0.3 is 15.6 Å². The van der Waals surface area contributed by atoms with Gasteiger partial charge >= 0.3 is 0 Å². The standard InChI is InChI=1S/C13H15N3O2/c1-9-8-12(16-13(14)15-9)18-11-4-2-10(3-5-11)6-7-17/h2-5,8,17H,6-7H2,1H3,(H2,14,15,16). The van der Waals surface area contributed by atoms with Crippen molar-refractivity contribution < 1.29 is 9.84 Å². The van der Waals surface area contributed by atoms with E-state index in [1.165, 1.54) is 0 Å². The van der Waals surface area contributed by atoms with Gasteiger partial charge in [-0.3, -0.25) is 0 Å². The molecule has 0 unspecified atom stereocenters. The Balaban J connectivity index is 2.13. The minimum absolute atomic E-state index is 0.141. The molecule has 2 rings (SSSR count). The topological polar surface area (TPSA) is 81.3 Å². The first kappa shape index (κ1) is 12.3. The molecule has 0 radical (unpaired) electrons. The van der Waals surface area contributed by atoms with Crippen LogP contribution in [-0.4, -0.2) is 21.7 Å². The fourth-order valence-corrected chi connectivity index (χ4v) is 1.59. The van der Waals surface area contributed by atoms with Crippen LogP contribution >= 0.6 is 0 Å². The molecule has 5 heteroatoms. The van der Waals surface area contributed by atoms with Gasteiger partial charge in [0.25, 0.3) is 0 Å². The van der Waals surface area contributed by atoms with Crippen molar-refractivity contribution in [3.05, 3.63) is 41.6 Å². The van der Waals surface area contributed by atoms with E-state index in [1.807, 2.05) is 31.2 Å². The molecule has 1 aromatic carbocycles. The minimum Gasteiger partial charge on any atom is -0.439 e. The van der Waals surface area contributed by atoms with Gasteiger partial charge in [0, 0.05) is 18.4 Å². The summed E-state index contributed by atoms with van der Waals surface area (Å²) in [5, 5.41) is 8.82. The molecule has 0 aliphatic heterocycles. The highest BCUT2D eigenvalue weighted by molar-refractivity contribution is 5.33. The molecule has 0 saturated heterocycles. The lowest BCUT2D eigenvalue weighted by Gasteiger charge is -2.06. The molecule has 0 aliphatic carbocycles. The Labute approximate surface area is 105 Å². The van der Waals surface area contributed by atoms with Crippen LogP contribution in [0.15, 0.2) is 30.3 Å². The van der Waals surface area contributed by atoms with Crippen LogP contribution in [-0.2, 0) is 6.42 Å². The fourth-order valence-electron chi connectivity index (χ4n) is 1.59. The highest BCUT2D eigenvalue weighted by Crippen LogP contribution is 2.21. The third kappa shape index (κ3) is 3.18. The number of aromatic nitrogens is 2. The Morgan fingerprint density at radius 1 is 1.22 bits per heavy atom. The molecule has 18 heavy (non-hydrogen) atoms. The number of hydrogen-bond donors (Lipinski definition) is 2. The Bertz CT molecular complexity index is 506. The van der Waals surface area contributed by atoms with Crippen LogP contribution in [0.3, 0.4) is 0 Å². The summed E-state index contributed by atoms with van der Waals surface area (Å²) in [6.07, 6.45) is 0.639. The Morgan fingerprint density at radius 3 is 2.56 bits per heavy atom. The highest BCUT2D eigenvalue weighted by Gasteiger charge is 2.02. The fraction of sp³-hybridized carbons (Fsp3) is 0.231. The largest absolute Gasteiger partial charge is 0.439 e. The molecule has 0 amide bonds. The van der Waals surface area contributed by atoms with Crippen LogP contribution in [0.2, 0.25) is 0 Å². The van der Waals surface area contributed by atoms with Crippen molar-refractivity contribution in [1.29, 1.82) is 0 Å². The molecule has 0 bridgehead atoms. The number of hydrogen-bond acceptors (Lipinski definition) is 5. The zero-order chi connectivity index (χ0) is 13.0. The van der Waals surface area contributed by atoms with Crippen molar-refractivity contribution in [3.8, 4) is 11.6 Å². The van der Waals surface area contributed by atoms with Gasteiger partial charge in [-0.15, -0.1) is 0 Å². The number of anilines is 1. The third-order valence-electron chi connectivity index (χ3n) is 2.39. The number of aliphatic hydroxyl groups is 1. The van der Waals surface area contributed by atoms with Crippen molar-refractivity contribution >= 4 is 5.95 Å². The van der Waals surface area contributed by atoms with Crippen LogP contribution < -0.4 is 10.5 Å². The van der Waals surface area contributed by atoms with Crippen molar-refractivity contribution in [2.75, 3.05) is 12.3 Å². The molecule has 3 N–H and O–H groups in total. The van der Waals surface area contributed by atoms with E-state index in [2.05, 4.69) is 9.97 Å². The molecule has 94 valence electrons. The number of nitrogens with two attached hydrogens (primary N) is 1. The van der Waals surface area contributed by atoms with Gasteiger partial charge in [-0.25, -0.2) is 4.98 Å². The summed E-state index contributed by atoms with van der Waals surface area (Å²) < 4.78 is 5.58. The average Bonchev–Trinajstić information content (AvgIpc) is 2.31. The lowest BCUT2D eigenvalue weighted by atomic mass is 10.1. The minimum atomic E-state index is 0.141. The van der Waals surface area contributed by atoms with Gasteiger partial charge in [-0.2, -0.15) is 4.98 Å². The molecule has 0 atom stereocenters. The summed E-state index contributed by atoms with van der Waals surface area (Å²) in [4.78, 5) is 7.97. The normalized spacial score (nSPS) is 10.3. The van der Waals surface area contributed by atoms with Crippen LogP contribution in [0.5, 0.6) is 11.6 Å². The molecule has 5 nitrogen and oxygen atoms in total. The maximum absolute atomic E-state index is 8.82. The number of nitrogens with zero attached hydrogens (tertiary/aromatic N) is 2. The summed E-state index contributed by atoms with van der Waals surface area (Å²) >= 11 is 0. The van der Waals surface area contributed by atoms with E-state index in [0.29, 0.717) is 18.1 Å². The van der Waals surface area contributed by atoms with Crippen molar-refractivity contribution in [3.63, 3.8) is 0 Å². The number of benzene rings is 1. The Hall–Kier alpha value is -2.14. The Morgan fingerprint density at radius 2 is 1.94 bits per heavy atom. The zero-order valence-corrected chi connectivity index (χ0v) is 10.1. The second-order valence-electron chi connectivity index (χ2n) is 3.93. The summed E-state index contributed by atoms with van der Waals surface area (Å²) in [5.74, 6) is 1.30. The van der Waals surface area contributed by atoms with E-state index in [-0.39, 0.29) is 12.6 Å². The van der Waals surface area contributed by atoms with Crippen LogP contribution in [0.4, 0.5) is 5.95 Å². The van der Waals surface area contributed by atoms with E-state index < -0.39 is 0 Å². The summed E-state index contributed by atoms with van der Waals surface area (Å²) in [6, 6.07) is 9.20. The predicted molar refractivity (Wildman–Crippen MR) is 68.5 cm³/mol.